The average Bonchev–Trinajstić information content (AvgIpc) is 2.47. The van der Waals surface area contributed by atoms with Crippen molar-refractivity contribution in [3.8, 4) is 11.6 Å². The van der Waals surface area contributed by atoms with Crippen LogP contribution in [0.1, 0.15) is 11.6 Å². The number of ether oxygens (including phenoxy) is 1. The molecule has 0 aliphatic carbocycles. The molecule has 1 atom stereocenters. The first-order valence-corrected chi connectivity index (χ1v) is 6.12. The highest BCUT2D eigenvalue weighted by molar-refractivity contribution is 5.88. The molecule has 1 N–H and O–H groups in total. The third-order valence-corrected chi connectivity index (χ3v) is 3.25. The first-order valence-electron chi connectivity index (χ1n) is 6.12. The third-order valence-electron chi connectivity index (χ3n) is 3.25. The van der Waals surface area contributed by atoms with Gasteiger partial charge in [-0.25, -0.2) is 4.98 Å². The van der Waals surface area contributed by atoms with Crippen molar-refractivity contribution in [2.75, 3.05) is 13.7 Å². The number of dihydropyridines is 1. The van der Waals surface area contributed by atoms with Crippen molar-refractivity contribution < 1.29 is 9.84 Å². The summed E-state index contributed by atoms with van der Waals surface area (Å²) in [5, 5.41) is 11.7. The quantitative estimate of drug-likeness (QED) is 0.896. The normalized spacial score (nSPS) is 17.8. The van der Waals surface area contributed by atoms with Gasteiger partial charge in [-0.15, -0.1) is 0 Å². The van der Waals surface area contributed by atoms with E-state index >= 15 is 0 Å². The fraction of sp³-hybridized carbons (Fsp3) is 0.200. The van der Waals surface area contributed by atoms with Crippen molar-refractivity contribution in [1.29, 1.82) is 0 Å². The number of rotatable bonds is 2. The van der Waals surface area contributed by atoms with Crippen LogP contribution in [0.25, 0.3) is 10.8 Å². The Bertz CT molecular complexity index is 677. The molecule has 3 rings (SSSR count). The summed E-state index contributed by atoms with van der Waals surface area (Å²) in [6, 6.07) is 7.51. The fourth-order valence-corrected chi connectivity index (χ4v) is 2.23. The van der Waals surface area contributed by atoms with E-state index in [-0.39, 0.29) is 11.8 Å². The number of aromatic hydroxyl groups is 1. The van der Waals surface area contributed by atoms with E-state index in [1.807, 2.05) is 36.4 Å². The smallest absolute Gasteiger partial charge is 0.219 e. The molecule has 2 heterocycles. The van der Waals surface area contributed by atoms with Crippen molar-refractivity contribution in [3.05, 3.63) is 42.1 Å². The molecule has 0 amide bonds. The SMILES string of the molecule is COc1ccc2c(O)nc(C3C=CC=NC3)cc2c1. The van der Waals surface area contributed by atoms with Gasteiger partial charge < -0.3 is 9.84 Å². The molecule has 2 aromatic rings. The van der Waals surface area contributed by atoms with Gasteiger partial charge in [0.05, 0.1) is 19.3 Å². The molecule has 1 aliphatic heterocycles. The minimum Gasteiger partial charge on any atom is -0.497 e. The van der Waals surface area contributed by atoms with Crippen LogP contribution in [0.5, 0.6) is 11.6 Å². The fourth-order valence-electron chi connectivity index (χ4n) is 2.23. The largest absolute Gasteiger partial charge is 0.497 e. The second kappa shape index (κ2) is 4.72. The first-order chi connectivity index (χ1) is 9.28. The van der Waals surface area contributed by atoms with E-state index in [0.29, 0.717) is 6.54 Å². The van der Waals surface area contributed by atoms with Crippen LogP contribution >= 0.6 is 0 Å². The lowest BCUT2D eigenvalue weighted by Crippen LogP contribution is -2.05. The van der Waals surface area contributed by atoms with E-state index in [1.54, 1.807) is 13.3 Å². The maximum atomic E-state index is 10.0. The Morgan fingerprint density at radius 2 is 2.21 bits per heavy atom. The third kappa shape index (κ3) is 2.17. The first kappa shape index (κ1) is 11.7. The van der Waals surface area contributed by atoms with Crippen molar-refractivity contribution in [2.45, 2.75) is 5.92 Å². The zero-order valence-electron chi connectivity index (χ0n) is 10.6. The molecule has 4 nitrogen and oxygen atoms in total. The van der Waals surface area contributed by atoms with Gasteiger partial charge in [-0.3, -0.25) is 4.99 Å². The highest BCUT2D eigenvalue weighted by atomic mass is 16.5. The Morgan fingerprint density at radius 1 is 1.32 bits per heavy atom. The number of hydrogen-bond acceptors (Lipinski definition) is 4. The van der Waals surface area contributed by atoms with Gasteiger partial charge in [-0.05, 0) is 35.7 Å². The van der Waals surface area contributed by atoms with E-state index < -0.39 is 0 Å². The number of pyridine rings is 1. The molecular weight excluding hydrogens is 240 g/mol. The molecule has 0 spiro atoms. The summed E-state index contributed by atoms with van der Waals surface area (Å²) < 4.78 is 5.21. The predicted octanol–water partition coefficient (Wildman–Crippen LogP) is 2.67. The molecule has 1 aromatic carbocycles. The molecule has 0 saturated heterocycles. The van der Waals surface area contributed by atoms with E-state index in [1.165, 1.54) is 0 Å². The Morgan fingerprint density at radius 3 is 2.95 bits per heavy atom. The Balaban J connectivity index is 2.11. The predicted molar refractivity (Wildman–Crippen MR) is 75.2 cm³/mol. The standard InChI is InChI=1S/C15H14N2O2/c1-19-12-4-5-13-11(7-12)8-14(17-15(13)18)10-3-2-6-16-9-10/h2-8,10H,9H2,1H3,(H,17,18). The van der Waals surface area contributed by atoms with Crippen LogP contribution in [0.15, 0.2) is 41.4 Å². The van der Waals surface area contributed by atoms with Gasteiger partial charge in [0.2, 0.25) is 5.88 Å². The number of aliphatic imine (C=N–C) groups is 1. The second-order valence-electron chi connectivity index (χ2n) is 4.46. The van der Waals surface area contributed by atoms with Crippen LogP contribution in [-0.4, -0.2) is 30.0 Å². The summed E-state index contributed by atoms with van der Waals surface area (Å²) in [6.45, 7) is 0.665. The number of allylic oxidation sites excluding steroid dienone is 1. The second-order valence-corrected chi connectivity index (χ2v) is 4.46. The van der Waals surface area contributed by atoms with Crippen molar-refractivity contribution in [2.24, 2.45) is 4.99 Å². The van der Waals surface area contributed by atoms with Gasteiger partial charge in [0.25, 0.3) is 0 Å². The van der Waals surface area contributed by atoms with Crippen LogP contribution in [0, 0.1) is 0 Å². The van der Waals surface area contributed by atoms with Crippen LogP contribution in [0.3, 0.4) is 0 Å². The number of benzene rings is 1. The lowest BCUT2D eigenvalue weighted by atomic mass is 10.0. The van der Waals surface area contributed by atoms with E-state index in [4.69, 9.17) is 4.74 Å². The molecular formula is C15H14N2O2. The number of hydrogen-bond donors (Lipinski definition) is 1. The van der Waals surface area contributed by atoms with Crippen LogP contribution in [0.2, 0.25) is 0 Å². The molecule has 19 heavy (non-hydrogen) atoms. The summed E-state index contributed by atoms with van der Waals surface area (Å²) >= 11 is 0. The molecule has 4 heteroatoms. The molecule has 1 unspecified atom stereocenters. The molecule has 96 valence electrons. The maximum absolute atomic E-state index is 10.0. The summed E-state index contributed by atoms with van der Waals surface area (Å²) in [7, 11) is 1.63. The molecule has 0 saturated carbocycles. The van der Waals surface area contributed by atoms with Crippen molar-refractivity contribution in [3.63, 3.8) is 0 Å². The number of methoxy groups -OCH3 is 1. The van der Waals surface area contributed by atoms with E-state index in [9.17, 15) is 5.11 Å². The highest BCUT2D eigenvalue weighted by Crippen LogP contribution is 2.30. The van der Waals surface area contributed by atoms with E-state index in [0.717, 1.165) is 22.2 Å². The lowest BCUT2D eigenvalue weighted by Gasteiger charge is -2.13. The van der Waals surface area contributed by atoms with Crippen LogP contribution in [0.4, 0.5) is 0 Å². The summed E-state index contributed by atoms with van der Waals surface area (Å²) in [5.41, 5.74) is 0.825. The summed E-state index contributed by atoms with van der Waals surface area (Å²) in [6.07, 6.45) is 5.73. The molecule has 0 bridgehead atoms. The summed E-state index contributed by atoms with van der Waals surface area (Å²) in [4.78, 5) is 8.49. The number of aromatic nitrogens is 1. The highest BCUT2D eigenvalue weighted by Gasteiger charge is 2.14. The summed E-state index contributed by atoms with van der Waals surface area (Å²) in [5.74, 6) is 0.936. The average molecular weight is 254 g/mol. The lowest BCUT2D eigenvalue weighted by molar-refractivity contribution is 0.415. The Hall–Kier alpha value is -2.36. The zero-order valence-corrected chi connectivity index (χ0v) is 10.6. The Kier molecular flexibility index (Phi) is 2.91. The van der Waals surface area contributed by atoms with Gasteiger partial charge >= 0.3 is 0 Å². The Labute approximate surface area is 111 Å². The molecule has 0 fully saturated rings. The van der Waals surface area contributed by atoms with Crippen LogP contribution in [-0.2, 0) is 0 Å². The maximum Gasteiger partial charge on any atom is 0.219 e. The van der Waals surface area contributed by atoms with Crippen LogP contribution < -0.4 is 4.74 Å². The van der Waals surface area contributed by atoms with Crippen molar-refractivity contribution in [1.82, 2.24) is 4.98 Å². The van der Waals surface area contributed by atoms with E-state index in [2.05, 4.69) is 9.98 Å². The number of nitrogens with zero attached hydrogens (tertiary/aromatic N) is 2. The van der Waals surface area contributed by atoms with Gasteiger partial charge in [-0.1, -0.05) is 6.08 Å². The van der Waals surface area contributed by atoms with Gasteiger partial charge in [0.1, 0.15) is 5.75 Å². The topological polar surface area (TPSA) is 54.7 Å². The van der Waals surface area contributed by atoms with Gasteiger partial charge in [0, 0.05) is 17.5 Å². The zero-order chi connectivity index (χ0) is 13.2. The van der Waals surface area contributed by atoms with Gasteiger partial charge in [0.15, 0.2) is 0 Å². The molecule has 1 aromatic heterocycles. The molecule has 0 radical (unpaired) electrons. The number of fused-ring (bicyclic) bond motifs is 1. The minimum absolute atomic E-state index is 0.0538. The molecule has 1 aliphatic rings. The monoisotopic (exact) mass is 254 g/mol. The van der Waals surface area contributed by atoms with Crippen molar-refractivity contribution >= 4 is 17.0 Å². The minimum atomic E-state index is 0.0538. The van der Waals surface area contributed by atoms with Gasteiger partial charge in [-0.2, -0.15) is 0 Å².